The molecule has 1 aromatic carbocycles. The highest BCUT2D eigenvalue weighted by Gasteiger charge is 2.35. The summed E-state index contributed by atoms with van der Waals surface area (Å²) in [6.45, 7) is -1.65. The van der Waals surface area contributed by atoms with E-state index in [1.807, 2.05) is 0 Å². The quantitative estimate of drug-likeness (QED) is 0.182. The number of nitrogens with zero attached hydrogens (tertiary/aromatic N) is 2. The summed E-state index contributed by atoms with van der Waals surface area (Å²) in [4.78, 5) is 67.4. The molecule has 2 rings (SSSR count). The molecule has 1 aliphatic heterocycles. The Kier molecular flexibility index (Phi) is 8.88. The second kappa shape index (κ2) is 10.8. The van der Waals surface area contributed by atoms with Gasteiger partial charge in [-0.2, -0.15) is 0 Å². The van der Waals surface area contributed by atoms with Crippen molar-refractivity contribution in [2.75, 3.05) is 31.2 Å². The van der Waals surface area contributed by atoms with Gasteiger partial charge in [-0.15, -0.1) is 0 Å². The molecule has 1 aromatic rings. The van der Waals surface area contributed by atoms with Crippen LogP contribution in [0.1, 0.15) is 18.4 Å². The number of nitro benzene ring substituents is 1. The van der Waals surface area contributed by atoms with Crippen molar-refractivity contribution in [1.82, 2.24) is 0 Å². The number of anilines is 1. The van der Waals surface area contributed by atoms with E-state index in [-0.39, 0.29) is 48.6 Å². The van der Waals surface area contributed by atoms with E-state index in [0.29, 0.717) is 6.42 Å². The number of nitro groups is 1. The van der Waals surface area contributed by atoms with Gasteiger partial charge in [0.1, 0.15) is 17.5 Å². The number of rotatable bonds is 12. The summed E-state index contributed by atoms with van der Waals surface area (Å²) >= 11 is 0. The fraction of sp³-hybridized carbons (Fsp3) is 0.533. The van der Waals surface area contributed by atoms with Gasteiger partial charge in [-0.05, 0) is 25.5 Å². The molecule has 1 heterocycles. The predicted octanol–water partition coefficient (Wildman–Crippen LogP) is -2.34. The first kappa shape index (κ1) is 26.3. The van der Waals surface area contributed by atoms with Crippen molar-refractivity contribution in [3.63, 3.8) is 0 Å². The van der Waals surface area contributed by atoms with Gasteiger partial charge in [-0.1, -0.05) is 0 Å². The van der Waals surface area contributed by atoms with E-state index in [0.717, 1.165) is 12.1 Å². The fourth-order valence-electron chi connectivity index (χ4n) is 3.02. The number of phosphoric ester groups is 2. The number of carbonyl (C=O) groups is 1. The molecule has 1 aliphatic rings. The summed E-state index contributed by atoms with van der Waals surface area (Å²) < 4.78 is 35.1. The SMILES string of the molecule is NCCCC(=O)N1CCc2c(OC(COP(=O)([O-])[O-])COP(=O)([O-])[O-])ccc([N+](=O)[O-])c21. The van der Waals surface area contributed by atoms with Crippen molar-refractivity contribution in [3.8, 4) is 5.75 Å². The first-order chi connectivity index (χ1) is 14.8. The van der Waals surface area contributed by atoms with Gasteiger partial charge in [0.15, 0.2) is 0 Å². The highest BCUT2D eigenvalue weighted by atomic mass is 31.2. The summed E-state index contributed by atoms with van der Waals surface area (Å²) in [5.41, 5.74) is 5.18. The van der Waals surface area contributed by atoms with E-state index in [1.165, 1.54) is 4.90 Å². The highest BCUT2D eigenvalue weighted by molar-refractivity contribution is 7.43. The standard InChI is InChI=1S/C15H23N3O12P2/c16-6-1-2-14(19)17-7-5-11-13(4-3-12(15(11)17)18(20)21)30-10(8-28-31(22,23)24)9-29-32(25,26)27/h3-4,10H,1-2,5-9,16H2,(H2,22,23,24)(H2,25,26,27)/p-4. The molecule has 1 amide bonds. The van der Waals surface area contributed by atoms with Gasteiger partial charge >= 0.3 is 0 Å². The first-order valence-corrected chi connectivity index (χ1v) is 12.0. The van der Waals surface area contributed by atoms with Crippen LogP contribution in [0.3, 0.4) is 0 Å². The number of hydrogen-bond acceptors (Lipinski definition) is 13. The van der Waals surface area contributed by atoms with Crippen molar-refractivity contribution < 1.29 is 52.2 Å². The molecule has 0 unspecified atom stereocenters. The predicted molar refractivity (Wildman–Crippen MR) is 99.0 cm³/mol. The summed E-state index contributed by atoms with van der Waals surface area (Å²) in [5.74, 6) is -0.481. The number of fused-ring (bicyclic) bond motifs is 1. The Bertz CT molecular complexity index is 920. The summed E-state index contributed by atoms with van der Waals surface area (Å²) in [7, 11) is -10.9. The molecule has 0 aliphatic carbocycles. The van der Waals surface area contributed by atoms with Crippen LogP contribution < -0.4 is 34.9 Å². The summed E-state index contributed by atoms with van der Waals surface area (Å²) in [5, 5.41) is 11.5. The van der Waals surface area contributed by atoms with Gasteiger partial charge in [0.2, 0.25) is 5.91 Å². The maximum atomic E-state index is 12.5. The minimum atomic E-state index is -5.47. The van der Waals surface area contributed by atoms with Crippen molar-refractivity contribution in [1.29, 1.82) is 0 Å². The average molecular weight is 495 g/mol. The van der Waals surface area contributed by atoms with Crippen LogP contribution in [0.25, 0.3) is 0 Å². The normalized spacial score (nSPS) is 14.0. The Hall–Kier alpha value is -1.93. The largest absolute Gasteiger partial charge is 0.790 e. The number of benzene rings is 1. The Labute approximate surface area is 181 Å². The average Bonchev–Trinajstić information content (AvgIpc) is 3.12. The Balaban J connectivity index is 2.35. The zero-order chi connectivity index (χ0) is 24.1. The zero-order valence-electron chi connectivity index (χ0n) is 16.4. The minimum Gasteiger partial charge on any atom is -0.790 e. The first-order valence-electron chi connectivity index (χ1n) is 9.13. The topological polar surface area (TPSA) is 244 Å². The molecule has 2 N–H and O–H groups in total. The van der Waals surface area contributed by atoms with Crippen molar-refractivity contribution in [3.05, 3.63) is 27.8 Å². The van der Waals surface area contributed by atoms with Crippen LogP contribution in [-0.2, 0) is 29.4 Å². The number of ether oxygens (including phenoxy) is 1. The third-order valence-electron chi connectivity index (χ3n) is 4.30. The summed E-state index contributed by atoms with van der Waals surface area (Å²) in [6.07, 6.45) is -1.03. The molecule has 0 spiro atoms. The van der Waals surface area contributed by atoms with E-state index in [9.17, 15) is 43.6 Å². The van der Waals surface area contributed by atoms with Gasteiger partial charge in [0, 0.05) is 24.6 Å². The zero-order valence-corrected chi connectivity index (χ0v) is 18.2. The lowest BCUT2D eigenvalue weighted by Crippen LogP contribution is -2.32. The molecule has 0 aromatic heterocycles. The van der Waals surface area contributed by atoms with Gasteiger partial charge < -0.3 is 53.1 Å². The number of nitrogens with two attached hydrogens (primary N) is 1. The molecule has 0 fully saturated rings. The molecular formula is C15H19N3O12P2-4. The summed E-state index contributed by atoms with van der Waals surface area (Å²) in [6, 6.07) is 2.19. The monoisotopic (exact) mass is 495 g/mol. The van der Waals surface area contributed by atoms with Crippen LogP contribution in [0.5, 0.6) is 5.75 Å². The lowest BCUT2D eigenvalue weighted by molar-refractivity contribution is -0.384. The second-order valence-electron chi connectivity index (χ2n) is 6.58. The Morgan fingerprint density at radius 1 is 1.16 bits per heavy atom. The minimum absolute atomic E-state index is 0.0354. The van der Waals surface area contributed by atoms with Crippen LogP contribution in [0.4, 0.5) is 11.4 Å². The molecule has 0 saturated heterocycles. The molecule has 180 valence electrons. The van der Waals surface area contributed by atoms with Gasteiger partial charge in [0.05, 0.1) is 33.8 Å². The molecule has 17 heteroatoms. The van der Waals surface area contributed by atoms with Crippen LogP contribution in [0.2, 0.25) is 0 Å². The van der Waals surface area contributed by atoms with Gasteiger partial charge in [-0.25, -0.2) is 0 Å². The van der Waals surface area contributed by atoms with E-state index >= 15 is 0 Å². The second-order valence-corrected chi connectivity index (χ2v) is 8.89. The lowest BCUT2D eigenvalue weighted by Gasteiger charge is -2.33. The fourth-order valence-corrected chi connectivity index (χ4v) is 3.72. The number of carbonyl (C=O) groups excluding carboxylic acids is 1. The highest BCUT2D eigenvalue weighted by Crippen LogP contribution is 2.43. The van der Waals surface area contributed by atoms with E-state index in [2.05, 4.69) is 9.05 Å². The third-order valence-corrected chi connectivity index (χ3v) is 5.23. The lowest BCUT2D eigenvalue weighted by atomic mass is 10.1. The van der Waals surface area contributed by atoms with Crippen molar-refractivity contribution in [2.24, 2.45) is 5.73 Å². The number of phosphoric acid groups is 2. The van der Waals surface area contributed by atoms with E-state index < -0.39 is 45.8 Å². The van der Waals surface area contributed by atoms with Crippen LogP contribution in [0.15, 0.2) is 12.1 Å². The molecular weight excluding hydrogens is 476 g/mol. The molecule has 32 heavy (non-hydrogen) atoms. The molecule has 0 bridgehead atoms. The van der Waals surface area contributed by atoms with Crippen LogP contribution in [-0.4, -0.2) is 43.2 Å². The maximum absolute atomic E-state index is 12.5. The Morgan fingerprint density at radius 3 is 2.25 bits per heavy atom. The van der Waals surface area contributed by atoms with Crippen LogP contribution >= 0.6 is 15.6 Å². The number of amides is 1. The van der Waals surface area contributed by atoms with Crippen molar-refractivity contribution in [2.45, 2.75) is 25.4 Å². The third kappa shape index (κ3) is 7.59. The van der Waals surface area contributed by atoms with Gasteiger partial charge in [-0.3, -0.25) is 14.9 Å². The maximum Gasteiger partial charge on any atom is 0.293 e. The van der Waals surface area contributed by atoms with Gasteiger partial charge in [0.25, 0.3) is 5.69 Å². The van der Waals surface area contributed by atoms with E-state index in [1.54, 1.807) is 0 Å². The molecule has 0 radical (unpaired) electrons. The van der Waals surface area contributed by atoms with E-state index in [4.69, 9.17) is 10.5 Å². The molecule has 15 nitrogen and oxygen atoms in total. The van der Waals surface area contributed by atoms with Crippen LogP contribution in [0, 0.1) is 10.1 Å². The Morgan fingerprint density at radius 2 is 1.75 bits per heavy atom. The number of hydrogen-bond donors (Lipinski definition) is 1. The molecule has 0 atom stereocenters. The van der Waals surface area contributed by atoms with Crippen molar-refractivity contribution >= 4 is 32.9 Å². The smallest absolute Gasteiger partial charge is 0.293 e. The molecule has 0 saturated carbocycles.